The minimum atomic E-state index is -0.534. The highest BCUT2D eigenvalue weighted by molar-refractivity contribution is 9.10. The molecular weight excluding hydrogens is 304 g/mol. The summed E-state index contributed by atoms with van der Waals surface area (Å²) in [5, 5.41) is 10.8. The molecule has 0 saturated heterocycles. The molecule has 0 amide bonds. The van der Waals surface area contributed by atoms with E-state index in [1.54, 1.807) is 12.1 Å². The maximum Gasteiger partial charge on any atom is 0.311 e. The summed E-state index contributed by atoms with van der Waals surface area (Å²) in [6, 6.07) is 5.99. The molecule has 0 atom stereocenters. The molecule has 7 nitrogen and oxygen atoms in total. The molecule has 2 aromatic rings. The van der Waals surface area contributed by atoms with Gasteiger partial charge in [0.2, 0.25) is 11.6 Å². The largest absolute Gasteiger partial charge is 0.430 e. The van der Waals surface area contributed by atoms with Gasteiger partial charge in [0.1, 0.15) is 16.6 Å². The van der Waals surface area contributed by atoms with Gasteiger partial charge in [0.25, 0.3) is 0 Å². The third-order valence-electron chi connectivity index (χ3n) is 2.05. The Hall–Kier alpha value is -2.22. The molecule has 0 aliphatic carbocycles. The predicted octanol–water partition coefficient (Wildman–Crippen LogP) is 2.52. The fourth-order valence-electron chi connectivity index (χ4n) is 1.24. The number of ether oxygens (including phenoxy) is 1. The minimum Gasteiger partial charge on any atom is -0.430 e. The highest BCUT2D eigenvalue weighted by Gasteiger charge is 2.17. The standard InChI is InChI=1S/C10H7BrN4O3/c11-8-9(12)13-5-14-10(8)18-7-4-2-1-3-6(7)15(16)17/h1-5H,(H2,12,13,14). The van der Waals surface area contributed by atoms with Gasteiger partial charge in [-0.1, -0.05) is 12.1 Å². The van der Waals surface area contributed by atoms with Crippen LogP contribution in [0.3, 0.4) is 0 Å². The first-order valence-corrected chi connectivity index (χ1v) is 5.56. The first-order valence-electron chi connectivity index (χ1n) is 4.77. The fourth-order valence-corrected chi connectivity index (χ4v) is 1.52. The van der Waals surface area contributed by atoms with Gasteiger partial charge in [0.05, 0.1) is 4.92 Å². The zero-order valence-electron chi connectivity index (χ0n) is 8.91. The van der Waals surface area contributed by atoms with E-state index in [0.717, 1.165) is 0 Å². The van der Waals surface area contributed by atoms with Crippen LogP contribution in [-0.2, 0) is 0 Å². The van der Waals surface area contributed by atoms with Crippen LogP contribution in [0.5, 0.6) is 11.6 Å². The Morgan fingerprint density at radius 1 is 1.33 bits per heavy atom. The minimum absolute atomic E-state index is 0.0845. The summed E-state index contributed by atoms with van der Waals surface area (Å²) in [6.45, 7) is 0. The molecule has 0 bridgehead atoms. The van der Waals surface area contributed by atoms with Crippen LogP contribution in [0.15, 0.2) is 35.1 Å². The van der Waals surface area contributed by atoms with Crippen LogP contribution in [0.1, 0.15) is 0 Å². The maximum absolute atomic E-state index is 10.8. The smallest absolute Gasteiger partial charge is 0.311 e. The average Bonchev–Trinajstić information content (AvgIpc) is 2.35. The number of nitro benzene ring substituents is 1. The average molecular weight is 311 g/mol. The topological polar surface area (TPSA) is 104 Å². The number of para-hydroxylation sites is 2. The van der Waals surface area contributed by atoms with Crippen LogP contribution in [-0.4, -0.2) is 14.9 Å². The zero-order chi connectivity index (χ0) is 13.1. The lowest BCUT2D eigenvalue weighted by Gasteiger charge is -2.07. The Balaban J connectivity index is 2.40. The molecule has 8 heteroatoms. The number of nitrogen functional groups attached to an aromatic ring is 1. The second-order valence-electron chi connectivity index (χ2n) is 3.20. The quantitative estimate of drug-likeness (QED) is 0.690. The molecule has 0 saturated carbocycles. The zero-order valence-corrected chi connectivity index (χ0v) is 10.5. The molecule has 0 radical (unpaired) electrons. The molecule has 1 aromatic heterocycles. The molecule has 0 fully saturated rings. The predicted molar refractivity (Wildman–Crippen MR) is 67.3 cm³/mol. The van der Waals surface area contributed by atoms with Gasteiger partial charge in [-0.25, -0.2) is 9.97 Å². The Bertz CT molecular complexity index is 605. The van der Waals surface area contributed by atoms with Gasteiger partial charge in [0, 0.05) is 6.07 Å². The molecule has 92 valence electrons. The van der Waals surface area contributed by atoms with Gasteiger partial charge in [0.15, 0.2) is 0 Å². The Labute approximate surface area is 110 Å². The Kier molecular flexibility index (Phi) is 3.38. The van der Waals surface area contributed by atoms with Gasteiger partial charge in [-0.2, -0.15) is 0 Å². The van der Waals surface area contributed by atoms with Crippen molar-refractivity contribution in [3.05, 3.63) is 45.2 Å². The summed E-state index contributed by atoms with van der Waals surface area (Å²) in [5.41, 5.74) is 5.41. The summed E-state index contributed by atoms with van der Waals surface area (Å²) in [4.78, 5) is 17.9. The fraction of sp³-hybridized carbons (Fsp3) is 0. The van der Waals surface area contributed by atoms with Crippen molar-refractivity contribution >= 4 is 27.4 Å². The van der Waals surface area contributed by atoms with Crippen LogP contribution in [0.25, 0.3) is 0 Å². The molecule has 0 aliphatic rings. The van der Waals surface area contributed by atoms with Crippen molar-refractivity contribution in [1.29, 1.82) is 0 Å². The molecular formula is C10H7BrN4O3. The van der Waals surface area contributed by atoms with E-state index in [1.165, 1.54) is 18.5 Å². The van der Waals surface area contributed by atoms with Crippen molar-refractivity contribution in [3.8, 4) is 11.6 Å². The van der Waals surface area contributed by atoms with Crippen molar-refractivity contribution in [2.24, 2.45) is 0 Å². The number of hydrogen-bond donors (Lipinski definition) is 1. The number of halogens is 1. The molecule has 0 spiro atoms. The Morgan fingerprint density at radius 2 is 2.06 bits per heavy atom. The third kappa shape index (κ3) is 2.38. The normalized spacial score (nSPS) is 10.1. The number of nitro groups is 1. The number of anilines is 1. The second-order valence-corrected chi connectivity index (χ2v) is 4.00. The van der Waals surface area contributed by atoms with Crippen LogP contribution in [0.4, 0.5) is 11.5 Å². The van der Waals surface area contributed by atoms with Crippen molar-refractivity contribution in [3.63, 3.8) is 0 Å². The molecule has 0 unspecified atom stereocenters. The van der Waals surface area contributed by atoms with E-state index in [2.05, 4.69) is 25.9 Å². The summed E-state index contributed by atoms with van der Waals surface area (Å²) in [7, 11) is 0. The van der Waals surface area contributed by atoms with Gasteiger partial charge in [-0.3, -0.25) is 10.1 Å². The third-order valence-corrected chi connectivity index (χ3v) is 2.80. The van der Waals surface area contributed by atoms with E-state index in [9.17, 15) is 10.1 Å². The van der Waals surface area contributed by atoms with E-state index >= 15 is 0 Å². The van der Waals surface area contributed by atoms with E-state index < -0.39 is 4.92 Å². The number of benzene rings is 1. The molecule has 18 heavy (non-hydrogen) atoms. The van der Waals surface area contributed by atoms with E-state index in [0.29, 0.717) is 4.47 Å². The highest BCUT2D eigenvalue weighted by atomic mass is 79.9. The molecule has 1 heterocycles. The van der Waals surface area contributed by atoms with E-state index in [4.69, 9.17) is 10.5 Å². The number of nitrogens with zero attached hydrogens (tertiary/aromatic N) is 3. The first-order chi connectivity index (χ1) is 8.59. The molecule has 1 aromatic carbocycles. The monoisotopic (exact) mass is 310 g/mol. The first kappa shape index (κ1) is 12.2. The lowest BCUT2D eigenvalue weighted by molar-refractivity contribution is -0.385. The summed E-state index contributed by atoms with van der Waals surface area (Å²) in [5.74, 6) is 0.400. The van der Waals surface area contributed by atoms with E-state index in [1.807, 2.05) is 0 Å². The van der Waals surface area contributed by atoms with Crippen LogP contribution >= 0.6 is 15.9 Å². The lowest BCUT2D eigenvalue weighted by atomic mass is 10.3. The summed E-state index contributed by atoms with van der Waals surface area (Å²) < 4.78 is 5.71. The van der Waals surface area contributed by atoms with Crippen molar-refractivity contribution < 1.29 is 9.66 Å². The molecule has 2 N–H and O–H groups in total. The molecule has 0 aliphatic heterocycles. The SMILES string of the molecule is Nc1ncnc(Oc2ccccc2[N+](=O)[O-])c1Br. The van der Waals surface area contributed by atoms with Crippen molar-refractivity contribution in [2.75, 3.05) is 5.73 Å². The van der Waals surface area contributed by atoms with Crippen molar-refractivity contribution in [1.82, 2.24) is 9.97 Å². The summed E-state index contributed by atoms with van der Waals surface area (Å²) >= 11 is 3.15. The number of aromatic nitrogens is 2. The van der Waals surface area contributed by atoms with Crippen LogP contribution in [0.2, 0.25) is 0 Å². The second kappa shape index (κ2) is 4.96. The highest BCUT2D eigenvalue weighted by Crippen LogP contribution is 2.34. The van der Waals surface area contributed by atoms with Gasteiger partial charge < -0.3 is 10.5 Å². The van der Waals surface area contributed by atoms with Gasteiger partial charge in [-0.05, 0) is 22.0 Å². The van der Waals surface area contributed by atoms with Crippen molar-refractivity contribution in [2.45, 2.75) is 0 Å². The van der Waals surface area contributed by atoms with Crippen LogP contribution < -0.4 is 10.5 Å². The number of nitrogens with two attached hydrogens (primary N) is 1. The van der Waals surface area contributed by atoms with E-state index in [-0.39, 0.29) is 23.1 Å². The molecule has 2 rings (SSSR count). The summed E-state index contributed by atoms with van der Waals surface area (Å²) in [6.07, 6.45) is 1.21. The van der Waals surface area contributed by atoms with Gasteiger partial charge in [-0.15, -0.1) is 0 Å². The lowest BCUT2D eigenvalue weighted by Crippen LogP contribution is -1.98. The van der Waals surface area contributed by atoms with Gasteiger partial charge >= 0.3 is 5.69 Å². The number of rotatable bonds is 3. The Morgan fingerprint density at radius 3 is 2.78 bits per heavy atom. The van der Waals surface area contributed by atoms with Crippen LogP contribution in [0, 0.1) is 10.1 Å². The number of hydrogen-bond acceptors (Lipinski definition) is 6. The maximum atomic E-state index is 10.8.